The lowest BCUT2D eigenvalue weighted by molar-refractivity contribution is -0.139. The Hall–Kier alpha value is -2.43. The number of rotatable bonds is 3. The van der Waals surface area contributed by atoms with Gasteiger partial charge < -0.3 is 4.90 Å². The first kappa shape index (κ1) is 16.4. The molecule has 0 radical (unpaired) electrons. The molecule has 126 valence electrons. The molecular weight excluding hydrogens is 307 g/mol. The van der Waals surface area contributed by atoms with E-state index >= 15 is 0 Å². The van der Waals surface area contributed by atoms with Gasteiger partial charge in [0.05, 0.1) is 0 Å². The molecule has 4 nitrogen and oxygen atoms in total. The number of imide groups is 1. The minimum absolute atomic E-state index is 0.225. The molecule has 2 aliphatic rings. The lowest BCUT2D eigenvalue weighted by Gasteiger charge is -2.32. The van der Waals surface area contributed by atoms with Crippen molar-refractivity contribution in [2.75, 3.05) is 24.5 Å². The maximum absolute atomic E-state index is 13.0. The second-order valence-corrected chi connectivity index (χ2v) is 6.18. The molecule has 1 fully saturated rings. The molecule has 24 heavy (non-hydrogen) atoms. The van der Waals surface area contributed by atoms with Gasteiger partial charge in [0.1, 0.15) is 5.82 Å². The second kappa shape index (κ2) is 7.43. The fourth-order valence-corrected chi connectivity index (χ4v) is 3.12. The number of nitrogens with zero attached hydrogens (tertiary/aromatic N) is 2. The first-order valence-electron chi connectivity index (χ1n) is 8.34. The molecule has 0 bridgehead atoms. The SMILES string of the molecule is O=C1C=CCCN1C(=O)/C=C/C1CCN(c2ccc(F)cc2)CC1. The molecule has 0 spiro atoms. The average molecular weight is 328 g/mol. The number of hydrogen-bond acceptors (Lipinski definition) is 3. The van der Waals surface area contributed by atoms with Crippen molar-refractivity contribution in [1.82, 2.24) is 4.90 Å². The quantitative estimate of drug-likeness (QED) is 0.801. The van der Waals surface area contributed by atoms with Gasteiger partial charge in [-0.15, -0.1) is 0 Å². The highest BCUT2D eigenvalue weighted by Gasteiger charge is 2.21. The predicted octanol–water partition coefficient (Wildman–Crippen LogP) is 2.91. The fourth-order valence-electron chi connectivity index (χ4n) is 3.12. The Morgan fingerprint density at radius 3 is 2.50 bits per heavy atom. The molecule has 0 aromatic heterocycles. The topological polar surface area (TPSA) is 40.6 Å². The van der Waals surface area contributed by atoms with Crippen molar-refractivity contribution in [3.05, 3.63) is 54.4 Å². The number of allylic oxidation sites excluding steroid dienone is 1. The van der Waals surface area contributed by atoms with E-state index in [0.29, 0.717) is 12.5 Å². The molecule has 2 aliphatic heterocycles. The van der Waals surface area contributed by atoms with Gasteiger partial charge in [0, 0.05) is 25.3 Å². The normalized spacial score (nSPS) is 19.3. The summed E-state index contributed by atoms with van der Waals surface area (Å²) in [6.07, 6.45) is 9.31. The summed E-state index contributed by atoms with van der Waals surface area (Å²) >= 11 is 0. The lowest BCUT2D eigenvalue weighted by atomic mass is 9.96. The number of hydrogen-bond donors (Lipinski definition) is 0. The number of halogens is 1. The van der Waals surface area contributed by atoms with Gasteiger partial charge in [-0.1, -0.05) is 12.2 Å². The third-order valence-corrected chi connectivity index (χ3v) is 4.55. The molecular formula is C19H21FN2O2. The summed E-state index contributed by atoms with van der Waals surface area (Å²) in [6, 6.07) is 6.54. The predicted molar refractivity (Wildman–Crippen MR) is 91.0 cm³/mol. The molecule has 1 aromatic carbocycles. The van der Waals surface area contributed by atoms with Crippen LogP contribution in [-0.2, 0) is 9.59 Å². The molecule has 0 unspecified atom stereocenters. The molecule has 0 atom stereocenters. The van der Waals surface area contributed by atoms with Crippen molar-refractivity contribution < 1.29 is 14.0 Å². The molecule has 3 rings (SSSR count). The van der Waals surface area contributed by atoms with E-state index in [4.69, 9.17) is 0 Å². The van der Waals surface area contributed by atoms with Crippen LogP contribution in [0.1, 0.15) is 19.3 Å². The highest BCUT2D eigenvalue weighted by molar-refractivity contribution is 6.05. The lowest BCUT2D eigenvalue weighted by Crippen LogP contribution is -2.37. The number of carbonyl (C=O) groups is 2. The zero-order valence-electron chi connectivity index (χ0n) is 13.5. The van der Waals surface area contributed by atoms with Crippen LogP contribution in [0.4, 0.5) is 10.1 Å². The van der Waals surface area contributed by atoms with Crippen molar-refractivity contribution in [3.63, 3.8) is 0 Å². The van der Waals surface area contributed by atoms with E-state index < -0.39 is 0 Å². The third-order valence-electron chi connectivity index (χ3n) is 4.55. The Morgan fingerprint density at radius 1 is 1.12 bits per heavy atom. The van der Waals surface area contributed by atoms with E-state index in [2.05, 4.69) is 4.90 Å². The van der Waals surface area contributed by atoms with Crippen LogP contribution < -0.4 is 4.90 Å². The highest BCUT2D eigenvalue weighted by atomic mass is 19.1. The Kier molecular flexibility index (Phi) is 5.08. The van der Waals surface area contributed by atoms with Gasteiger partial charge in [0.25, 0.3) is 11.8 Å². The zero-order valence-corrected chi connectivity index (χ0v) is 13.5. The van der Waals surface area contributed by atoms with Crippen molar-refractivity contribution in [1.29, 1.82) is 0 Å². The third kappa shape index (κ3) is 3.91. The number of benzene rings is 1. The molecule has 2 heterocycles. The number of anilines is 1. The van der Waals surface area contributed by atoms with E-state index in [1.807, 2.05) is 6.08 Å². The van der Waals surface area contributed by atoms with Crippen LogP contribution in [0.2, 0.25) is 0 Å². The van der Waals surface area contributed by atoms with Crippen molar-refractivity contribution in [2.24, 2.45) is 5.92 Å². The Labute approximate surface area is 141 Å². The van der Waals surface area contributed by atoms with Gasteiger partial charge in [0.15, 0.2) is 0 Å². The van der Waals surface area contributed by atoms with Crippen LogP contribution in [0.5, 0.6) is 0 Å². The summed E-state index contributed by atoms with van der Waals surface area (Å²) in [6.45, 7) is 2.21. The molecule has 0 aliphatic carbocycles. The number of amides is 2. The van der Waals surface area contributed by atoms with Crippen LogP contribution in [-0.4, -0.2) is 36.3 Å². The second-order valence-electron chi connectivity index (χ2n) is 6.18. The standard InChI is InChI=1S/C19H21FN2O2/c20-16-5-7-17(8-6-16)21-13-10-15(11-14-21)4-9-19(24)22-12-2-1-3-18(22)23/h1,3-9,15H,2,10-14H2/b9-4+. The van der Waals surface area contributed by atoms with Gasteiger partial charge in [0.2, 0.25) is 0 Å². The fraction of sp³-hybridized carbons (Fsp3) is 0.368. The average Bonchev–Trinajstić information content (AvgIpc) is 2.61. The first-order valence-corrected chi connectivity index (χ1v) is 8.34. The first-order chi connectivity index (χ1) is 11.6. The molecule has 5 heteroatoms. The van der Waals surface area contributed by atoms with Crippen LogP contribution >= 0.6 is 0 Å². The Bertz CT molecular complexity index is 658. The minimum atomic E-state index is -0.234. The van der Waals surface area contributed by atoms with Gasteiger partial charge in [-0.25, -0.2) is 4.39 Å². The summed E-state index contributed by atoms with van der Waals surface area (Å²) < 4.78 is 13.0. The van der Waals surface area contributed by atoms with Crippen LogP contribution in [0, 0.1) is 11.7 Å². The Balaban J connectivity index is 1.51. The van der Waals surface area contributed by atoms with Gasteiger partial charge in [-0.3, -0.25) is 14.5 Å². The summed E-state index contributed by atoms with van der Waals surface area (Å²) in [7, 11) is 0. The van der Waals surface area contributed by atoms with Crippen LogP contribution in [0.25, 0.3) is 0 Å². The summed E-state index contributed by atoms with van der Waals surface area (Å²) in [4.78, 5) is 27.3. The smallest absolute Gasteiger partial charge is 0.253 e. The van der Waals surface area contributed by atoms with Crippen molar-refractivity contribution in [3.8, 4) is 0 Å². The maximum atomic E-state index is 13.0. The number of carbonyl (C=O) groups excluding carboxylic acids is 2. The molecule has 1 aromatic rings. The van der Waals surface area contributed by atoms with Gasteiger partial charge in [-0.2, -0.15) is 0 Å². The summed E-state index contributed by atoms with van der Waals surface area (Å²) in [5, 5.41) is 0. The van der Waals surface area contributed by atoms with Crippen LogP contribution in [0.15, 0.2) is 48.6 Å². The molecule has 0 saturated carbocycles. The molecule has 2 amide bonds. The van der Waals surface area contributed by atoms with Gasteiger partial charge in [-0.05, 0) is 61.6 Å². The molecule has 0 N–H and O–H groups in total. The molecule has 1 saturated heterocycles. The van der Waals surface area contributed by atoms with E-state index in [0.717, 1.165) is 38.0 Å². The largest absolute Gasteiger partial charge is 0.371 e. The minimum Gasteiger partial charge on any atom is -0.371 e. The highest BCUT2D eigenvalue weighted by Crippen LogP contribution is 2.24. The van der Waals surface area contributed by atoms with E-state index in [1.165, 1.54) is 29.2 Å². The maximum Gasteiger partial charge on any atom is 0.253 e. The van der Waals surface area contributed by atoms with Gasteiger partial charge >= 0.3 is 0 Å². The van der Waals surface area contributed by atoms with Crippen molar-refractivity contribution >= 4 is 17.5 Å². The van der Waals surface area contributed by atoms with Crippen molar-refractivity contribution in [2.45, 2.75) is 19.3 Å². The van der Waals surface area contributed by atoms with E-state index in [-0.39, 0.29) is 17.6 Å². The zero-order chi connectivity index (χ0) is 16.9. The number of piperidine rings is 1. The Morgan fingerprint density at radius 2 is 1.83 bits per heavy atom. The van der Waals surface area contributed by atoms with E-state index in [9.17, 15) is 14.0 Å². The van der Waals surface area contributed by atoms with E-state index in [1.54, 1.807) is 18.2 Å². The van der Waals surface area contributed by atoms with Crippen LogP contribution in [0.3, 0.4) is 0 Å². The summed E-state index contributed by atoms with van der Waals surface area (Å²) in [5.41, 5.74) is 1.03. The summed E-state index contributed by atoms with van der Waals surface area (Å²) in [5.74, 6) is -0.356. The monoisotopic (exact) mass is 328 g/mol.